The molecule has 0 aromatic rings. The number of amides is 1. The zero-order chi connectivity index (χ0) is 24.0. The number of allylic oxidation sites excluding steroid dienone is 2. The Morgan fingerprint density at radius 1 is 0.968 bits per heavy atom. The van der Waals surface area contributed by atoms with E-state index in [-0.39, 0.29) is 0 Å². The van der Waals surface area contributed by atoms with Crippen LogP contribution in [-0.4, -0.2) is 46.4 Å². The van der Waals surface area contributed by atoms with E-state index in [1.165, 1.54) is 11.8 Å². The highest BCUT2D eigenvalue weighted by Crippen LogP contribution is 2.49. The van der Waals surface area contributed by atoms with Crippen molar-refractivity contribution in [3.05, 3.63) is 25.3 Å². The molecule has 0 spiro atoms. The predicted molar refractivity (Wildman–Crippen MR) is 119 cm³/mol. The van der Waals surface area contributed by atoms with Crippen LogP contribution in [0.1, 0.15) is 80.6 Å². The molecule has 31 heavy (non-hydrogen) atoms. The van der Waals surface area contributed by atoms with Crippen LogP contribution >= 0.6 is 0 Å². The van der Waals surface area contributed by atoms with Gasteiger partial charge in [0.1, 0.15) is 17.2 Å². The van der Waals surface area contributed by atoms with Gasteiger partial charge in [-0.15, -0.1) is 13.2 Å². The Morgan fingerprint density at radius 2 is 1.45 bits per heavy atom. The molecular formula is C24H39NO6. The van der Waals surface area contributed by atoms with Crippen LogP contribution in [0.5, 0.6) is 0 Å². The Labute approximate surface area is 186 Å². The Kier molecular flexibility index (Phi) is 8.91. The van der Waals surface area contributed by atoms with Gasteiger partial charge in [0.2, 0.25) is 0 Å². The third-order valence-corrected chi connectivity index (χ3v) is 4.97. The summed E-state index contributed by atoms with van der Waals surface area (Å²) >= 11 is 0. The number of ether oxygens (including phenoxy) is 3. The number of esters is 2. The third kappa shape index (κ3) is 7.71. The molecule has 1 saturated heterocycles. The molecule has 1 heterocycles. The fourth-order valence-electron chi connectivity index (χ4n) is 3.84. The molecule has 0 aromatic carbocycles. The quantitative estimate of drug-likeness (QED) is 0.297. The lowest BCUT2D eigenvalue weighted by molar-refractivity contribution is -0.171. The molecular weight excluding hydrogens is 398 g/mol. The van der Waals surface area contributed by atoms with Crippen molar-refractivity contribution in [2.75, 3.05) is 0 Å². The summed E-state index contributed by atoms with van der Waals surface area (Å²) < 4.78 is 16.9. The van der Waals surface area contributed by atoms with Gasteiger partial charge in [0.05, 0.1) is 0 Å². The summed E-state index contributed by atoms with van der Waals surface area (Å²) in [5.74, 6) is -1.08. The van der Waals surface area contributed by atoms with Gasteiger partial charge in [0.25, 0.3) is 0 Å². The number of hydrogen-bond donors (Lipinski definition) is 0. The molecule has 1 amide bonds. The first kappa shape index (κ1) is 26.7. The average Bonchev–Trinajstić information content (AvgIpc) is 2.89. The van der Waals surface area contributed by atoms with E-state index in [9.17, 15) is 14.4 Å². The lowest BCUT2D eigenvalue weighted by atomic mass is 9.75. The van der Waals surface area contributed by atoms with Crippen molar-refractivity contribution in [2.45, 2.75) is 104 Å². The van der Waals surface area contributed by atoms with Crippen molar-refractivity contribution in [1.82, 2.24) is 4.90 Å². The second-order valence-electron chi connectivity index (χ2n) is 10.1. The first-order valence-corrected chi connectivity index (χ1v) is 10.8. The normalized spacial score (nSPS) is 20.7. The molecule has 0 N–H and O–H groups in total. The van der Waals surface area contributed by atoms with E-state index < -0.39 is 46.9 Å². The standard InChI is InChI=1S/C24H39NO6/c1-10-12-14-24(15-13-11-2)16-18(19(27)30-22(4,5)6)25(20(24)29-17(3)26)21(28)31-23(7,8)9/h10-11,18,20H,1-2,12-16H2,3-9H3/t18-,20?/m0/s1. The van der Waals surface area contributed by atoms with E-state index in [1.807, 2.05) is 0 Å². The van der Waals surface area contributed by atoms with E-state index in [2.05, 4.69) is 13.2 Å². The Bertz CT molecular complexity index is 673. The third-order valence-electron chi connectivity index (χ3n) is 4.97. The predicted octanol–water partition coefficient (Wildman–Crippen LogP) is 5.15. The van der Waals surface area contributed by atoms with E-state index in [1.54, 1.807) is 53.7 Å². The lowest BCUT2D eigenvalue weighted by Gasteiger charge is -2.37. The molecule has 0 radical (unpaired) electrons. The van der Waals surface area contributed by atoms with Crippen molar-refractivity contribution in [3.63, 3.8) is 0 Å². The van der Waals surface area contributed by atoms with Crippen molar-refractivity contribution in [2.24, 2.45) is 5.41 Å². The number of hydrogen-bond acceptors (Lipinski definition) is 6. The summed E-state index contributed by atoms with van der Waals surface area (Å²) in [6.45, 7) is 19.4. The van der Waals surface area contributed by atoms with E-state index in [0.717, 1.165) is 0 Å². The number of carbonyl (C=O) groups excluding carboxylic acids is 3. The second-order valence-corrected chi connectivity index (χ2v) is 10.1. The first-order valence-electron chi connectivity index (χ1n) is 10.8. The SMILES string of the molecule is C=CCCC1(CCC=C)C[C@@H](C(=O)OC(C)(C)C)N(C(=O)OC(C)(C)C)C1OC(C)=O. The number of rotatable bonds is 8. The van der Waals surface area contributed by atoms with Crippen LogP contribution in [-0.2, 0) is 23.8 Å². The zero-order valence-electron chi connectivity index (χ0n) is 20.2. The van der Waals surface area contributed by atoms with Crippen LogP contribution in [0.3, 0.4) is 0 Å². The molecule has 1 aliphatic heterocycles. The smallest absolute Gasteiger partial charge is 0.413 e. The molecule has 0 saturated carbocycles. The fraction of sp³-hybridized carbons (Fsp3) is 0.708. The Morgan fingerprint density at radius 3 is 1.84 bits per heavy atom. The molecule has 176 valence electrons. The minimum Gasteiger partial charge on any atom is -0.458 e. The monoisotopic (exact) mass is 437 g/mol. The number of likely N-dealkylation sites (tertiary alicyclic amines) is 1. The van der Waals surface area contributed by atoms with Crippen LogP contribution in [0.25, 0.3) is 0 Å². The average molecular weight is 438 g/mol. The van der Waals surface area contributed by atoms with Gasteiger partial charge in [-0.3, -0.25) is 9.69 Å². The van der Waals surface area contributed by atoms with E-state index >= 15 is 0 Å². The van der Waals surface area contributed by atoms with Crippen molar-refractivity contribution >= 4 is 18.0 Å². The van der Waals surface area contributed by atoms with Gasteiger partial charge in [-0.1, -0.05) is 12.2 Å². The Balaban J connectivity index is 3.54. The van der Waals surface area contributed by atoms with Gasteiger partial charge in [0, 0.05) is 12.3 Å². The van der Waals surface area contributed by atoms with Gasteiger partial charge < -0.3 is 14.2 Å². The Hall–Kier alpha value is -2.31. The molecule has 7 nitrogen and oxygen atoms in total. The summed E-state index contributed by atoms with van der Waals surface area (Å²) in [6, 6.07) is -0.937. The summed E-state index contributed by atoms with van der Waals surface area (Å²) in [6.07, 6.45) is 4.61. The largest absolute Gasteiger partial charge is 0.458 e. The zero-order valence-corrected chi connectivity index (χ0v) is 20.2. The summed E-state index contributed by atoms with van der Waals surface area (Å²) in [4.78, 5) is 39.7. The highest BCUT2D eigenvalue weighted by molar-refractivity contribution is 5.83. The van der Waals surface area contributed by atoms with Crippen LogP contribution in [0.15, 0.2) is 25.3 Å². The minimum atomic E-state index is -0.961. The maximum Gasteiger partial charge on any atom is 0.413 e. The van der Waals surface area contributed by atoms with Crippen molar-refractivity contribution in [1.29, 1.82) is 0 Å². The van der Waals surface area contributed by atoms with Gasteiger partial charge in [-0.2, -0.15) is 0 Å². The fourth-order valence-corrected chi connectivity index (χ4v) is 3.84. The van der Waals surface area contributed by atoms with Crippen molar-refractivity contribution in [3.8, 4) is 0 Å². The van der Waals surface area contributed by atoms with E-state index in [4.69, 9.17) is 14.2 Å². The molecule has 0 aliphatic carbocycles. The molecule has 0 aromatic heterocycles. The highest BCUT2D eigenvalue weighted by Gasteiger charge is 2.59. The maximum absolute atomic E-state index is 13.2. The van der Waals surface area contributed by atoms with Crippen molar-refractivity contribution < 1.29 is 28.6 Å². The molecule has 2 atom stereocenters. The van der Waals surface area contributed by atoms with Crippen LogP contribution in [0.4, 0.5) is 4.79 Å². The second kappa shape index (κ2) is 10.3. The number of nitrogens with zero attached hydrogens (tertiary/aromatic N) is 1. The summed E-state index contributed by atoms with van der Waals surface area (Å²) in [5.41, 5.74) is -2.18. The summed E-state index contributed by atoms with van der Waals surface area (Å²) in [7, 11) is 0. The summed E-state index contributed by atoms with van der Waals surface area (Å²) in [5, 5.41) is 0. The topological polar surface area (TPSA) is 82.1 Å². The van der Waals surface area contributed by atoms with E-state index in [0.29, 0.717) is 32.1 Å². The molecule has 1 aliphatic rings. The van der Waals surface area contributed by atoms with Gasteiger partial charge >= 0.3 is 18.0 Å². The van der Waals surface area contributed by atoms with Crippen LogP contribution in [0, 0.1) is 5.41 Å². The minimum absolute atomic E-state index is 0.292. The van der Waals surface area contributed by atoms with Gasteiger partial charge in [-0.05, 0) is 73.6 Å². The van der Waals surface area contributed by atoms with Crippen LogP contribution < -0.4 is 0 Å². The molecule has 1 unspecified atom stereocenters. The molecule has 0 bridgehead atoms. The van der Waals surface area contributed by atoms with Crippen LogP contribution in [0.2, 0.25) is 0 Å². The molecule has 7 heteroatoms. The number of carbonyl (C=O) groups is 3. The lowest BCUT2D eigenvalue weighted by Crippen LogP contribution is -2.51. The molecule has 1 fully saturated rings. The van der Waals surface area contributed by atoms with Gasteiger partial charge in [0.15, 0.2) is 6.23 Å². The highest BCUT2D eigenvalue weighted by atomic mass is 16.6. The maximum atomic E-state index is 13.2. The van der Waals surface area contributed by atoms with Gasteiger partial charge in [-0.25, -0.2) is 9.59 Å². The molecule has 1 rings (SSSR count). The first-order chi connectivity index (χ1) is 14.2.